The molecule has 0 aromatic heterocycles. The number of rotatable bonds is 4. The van der Waals surface area contributed by atoms with Crippen molar-refractivity contribution in [1.29, 1.82) is 0 Å². The number of amides is 1. The lowest BCUT2D eigenvalue weighted by Gasteiger charge is -2.47. The van der Waals surface area contributed by atoms with Gasteiger partial charge in [0.1, 0.15) is 5.60 Å². The summed E-state index contributed by atoms with van der Waals surface area (Å²) in [5.41, 5.74) is 0.0102. The first-order valence-electron chi connectivity index (χ1n) is 9.40. The van der Waals surface area contributed by atoms with Crippen LogP contribution in [0.15, 0.2) is 0 Å². The Balaban J connectivity index is 1.21. The molecule has 1 spiro atoms. The van der Waals surface area contributed by atoms with E-state index >= 15 is 0 Å². The molecule has 1 saturated carbocycles. The molecule has 0 aromatic carbocycles. The first kappa shape index (κ1) is 14.9. The van der Waals surface area contributed by atoms with Gasteiger partial charge in [-0.15, -0.1) is 0 Å². The summed E-state index contributed by atoms with van der Waals surface area (Å²) >= 11 is 0. The van der Waals surface area contributed by atoms with E-state index in [2.05, 4.69) is 4.90 Å². The first-order valence-corrected chi connectivity index (χ1v) is 9.40. The molecule has 4 fully saturated rings. The molecule has 1 unspecified atom stereocenters. The summed E-state index contributed by atoms with van der Waals surface area (Å²) in [5, 5.41) is 0. The summed E-state index contributed by atoms with van der Waals surface area (Å²) in [6.07, 6.45) is 11.1. The van der Waals surface area contributed by atoms with Crippen molar-refractivity contribution in [1.82, 2.24) is 9.80 Å². The molecule has 0 radical (unpaired) electrons. The van der Waals surface area contributed by atoms with Gasteiger partial charge in [-0.3, -0.25) is 9.69 Å². The molecule has 1 aliphatic carbocycles. The fourth-order valence-corrected chi connectivity index (χ4v) is 4.99. The Hall–Kier alpha value is -0.610. The molecule has 4 nitrogen and oxygen atoms in total. The van der Waals surface area contributed by atoms with E-state index in [0.29, 0.717) is 11.9 Å². The Morgan fingerprint density at radius 3 is 2.55 bits per heavy atom. The monoisotopic (exact) mass is 306 g/mol. The van der Waals surface area contributed by atoms with E-state index in [0.717, 1.165) is 44.9 Å². The third-order valence-corrected chi connectivity index (χ3v) is 6.40. The number of nitrogens with zero attached hydrogens (tertiary/aromatic N) is 2. The van der Waals surface area contributed by atoms with Crippen molar-refractivity contribution in [3.05, 3.63) is 0 Å². The zero-order valence-electron chi connectivity index (χ0n) is 13.8. The summed E-state index contributed by atoms with van der Waals surface area (Å²) in [5.74, 6) is 1.19. The fraction of sp³-hybridized carbons (Fsp3) is 0.944. The van der Waals surface area contributed by atoms with Crippen molar-refractivity contribution in [2.45, 2.75) is 69.4 Å². The van der Waals surface area contributed by atoms with Crippen LogP contribution in [0.5, 0.6) is 0 Å². The number of hydrogen-bond donors (Lipinski definition) is 0. The second kappa shape index (κ2) is 6.12. The van der Waals surface area contributed by atoms with Crippen molar-refractivity contribution in [2.24, 2.45) is 5.92 Å². The van der Waals surface area contributed by atoms with E-state index in [1.807, 2.05) is 4.90 Å². The number of hydrogen-bond acceptors (Lipinski definition) is 3. The highest BCUT2D eigenvalue weighted by Crippen LogP contribution is 2.38. The molecule has 124 valence electrons. The molecule has 0 aromatic rings. The Labute approximate surface area is 134 Å². The Morgan fingerprint density at radius 2 is 1.82 bits per heavy atom. The van der Waals surface area contributed by atoms with Gasteiger partial charge >= 0.3 is 0 Å². The van der Waals surface area contributed by atoms with Crippen LogP contribution < -0.4 is 0 Å². The largest absolute Gasteiger partial charge is 0.370 e. The van der Waals surface area contributed by atoms with E-state index in [-0.39, 0.29) is 5.60 Å². The molecule has 3 saturated heterocycles. The Kier molecular flexibility index (Phi) is 4.16. The van der Waals surface area contributed by atoms with Gasteiger partial charge in [-0.1, -0.05) is 25.7 Å². The van der Waals surface area contributed by atoms with Gasteiger partial charge in [-0.05, 0) is 44.7 Å². The Bertz CT molecular complexity index is 407. The Morgan fingerprint density at radius 1 is 1.09 bits per heavy atom. The van der Waals surface area contributed by atoms with Crippen LogP contribution in [-0.4, -0.2) is 60.1 Å². The molecule has 22 heavy (non-hydrogen) atoms. The van der Waals surface area contributed by atoms with Crippen LogP contribution in [0.4, 0.5) is 0 Å². The van der Waals surface area contributed by atoms with Gasteiger partial charge in [-0.25, -0.2) is 0 Å². The highest BCUT2D eigenvalue weighted by molar-refractivity contribution is 5.77. The minimum Gasteiger partial charge on any atom is -0.370 e. The maximum Gasteiger partial charge on any atom is 0.222 e. The minimum atomic E-state index is 0.0102. The average Bonchev–Trinajstić information content (AvgIpc) is 3.22. The lowest BCUT2D eigenvalue weighted by Crippen LogP contribution is -2.63. The lowest BCUT2D eigenvalue weighted by atomic mass is 9.88. The summed E-state index contributed by atoms with van der Waals surface area (Å²) in [4.78, 5) is 17.0. The molecular formula is C18H30N2O2. The number of carbonyl (C=O) groups excluding carboxylic acids is 1. The number of likely N-dealkylation sites (tertiary alicyclic amines) is 2. The topological polar surface area (TPSA) is 32.8 Å². The van der Waals surface area contributed by atoms with Crippen molar-refractivity contribution in [2.75, 3.05) is 32.8 Å². The van der Waals surface area contributed by atoms with Crippen LogP contribution >= 0.6 is 0 Å². The third-order valence-electron chi connectivity index (χ3n) is 6.40. The predicted octanol–water partition coefficient (Wildman–Crippen LogP) is 2.42. The highest BCUT2D eigenvalue weighted by atomic mass is 16.5. The second-order valence-corrected chi connectivity index (χ2v) is 8.03. The van der Waals surface area contributed by atoms with Gasteiger partial charge in [0, 0.05) is 12.5 Å². The normalized spacial score (nSPS) is 32.0. The molecule has 3 heterocycles. The zero-order chi connectivity index (χ0) is 15.0. The van der Waals surface area contributed by atoms with Gasteiger partial charge in [0.2, 0.25) is 5.91 Å². The minimum absolute atomic E-state index is 0.0102. The molecular weight excluding hydrogens is 276 g/mol. The molecule has 0 N–H and O–H groups in total. The van der Waals surface area contributed by atoms with Gasteiger partial charge in [0.15, 0.2) is 0 Å². The van der Waals surface area contributed by atoms with Crippen molar-refractivity contribution >= 4 is 5.91 Å². The van der Waals surface area contributed by atoms with Gasteiger partial charge in [0.25, 0.3) is 0 Å². The zero-order valence-corrected chi connectivity index (χ0v) is 13.8. The number of carbonyl (C=O) groups is 1. The van der Waals surface area contributed by atoms with Gasteiger partial charge in [0.05, 0.1) is 19.7 Å². The molecule has 1 atom stereocenters. The summed E-state index contributed by atoms with van der Waals surface area (Å²) in [7, 11) is 0. The van der Waals surface area contributed by atoms with E-state index in [1.54, 1.807) is 0 Å². The van der Waals surface area contributed by atoms with Crippen LogP contribution in [-0.2, 0) is 9.53 Å². The summed E-state index contributed by atoms with van der Waals surface area (Å²) in [6, 6.07) is 0.609. The number of ether oxygens (including phenoxy) is 1. The van der Waals surface area contributed by atoms with Crippen LogP contribution in [0.1, 0.15) is 57.8 Å². The van der Waals surface area contributed by atoms with E-state index in [9.17, 15) is 4.79 Å². The molecule has 1 amide bonds. The van der Waals surface area contributed by atoms with Crippen molar-refractivity contribution in [3.8, 4) is 0 Å². The first-order chi connectivity index (χ1) is 10.7. The van der Waals surface area contributed by atoms with Crippen LogP contribution in [0.25, 0.3) is 0 Å². The maximum absolute atomic E-state index is 12.3. The smallest absolute Gasteiger partial charge is 0.222 e. The highest BCUT2D eigenvalue weighted by Gasteiger charge is 2.52. The van der Waals surface area contributed by atoms with Crippen molar-refractivity contribution < 1.29 is 9.53 Å². The van der Waals surface area contributed by atoms with Gasteiger partial charge < -0.3 is 9.64 Å². The maximum atomic E-state index is 12.3. The summed E-state index contributed by atoms with van der Waals surface area (Å²) < 4.78 is 6.12. The van der Waals surface area contributed by atoms with E-state index in [4.69, 9.17) is 4.74 Å². The third kappa shape index (κ3) is 2.92. The van der Waals surface area contributed by atoms with Crippen LogP contribution in [0, 0.1) is 5.92 Å². The summed E-state index contributed by atoms with van der Waals surface area (Å²) in [6.45, 7) is 5.06. The molecule has 4 aliphatic rings. The van der Waals surface area contributed by atoms with Crippen LogP contribution in [0.3, 0.4) is 0 Å². The van der Waals surface area contributed by atoms with Crippen LogP contribution in [0.2, 0.25) is 0 Å². The molecule has 3 aliphatic heterocycles. The standard InChI is InChI=1S/C18H30N2O2/c21-17(8-7-15-5-1-2-6-15)20-13-18(14-20)11-16(12-22-18)19-9-3-4-10-19/h15-16H,1-14H2. The molecule has 4 heteroatoms. The average molecular weight is 306 g/mol. The quantitative estimate of drug-likeness (QED) is 0.800. The van der Waals surface area contributed by atoms with E-state index in [1.165, 1.54) is 51.6 Å². The van der Waals surface area contributed by atoms with Gasteiger partial charge in [-0.2, -0.15) is 0 Å². The lowest BCUT2D eigenvalue weighted by molar-refractivity contribution is -0.158. The SMILES string of the molecule is O=C(CCC1CCCC1)N1CC2(CC(N3CCCC3)CO2)C1. The fourth-order valence-electron chi connectivity index (χ4n) is 4.99. The molecule has 0 bridgehead atoms. The van der Waals surface area contributed by atoms with Crippen molar-refractivity contribution in [3.63, 3.8) is 0 Å². The second-order valence-electron chi connectivity index (χ2n) is 8.03. The predicted molar refractivity (Wildman–Crippen MR) is 85.7 cm³/mol. The molecule has 4 rings (SSSR count). The van der Waals surface area contributed by atoms with E-state index < -0.39 is 0 Å².